The van der Waals surface area contributed by atoms with Crippen LogP contribution in [0.2, 0.25) is 0 Å². The lowest BCUT2D eigenvalue weighted by atomic mass is 9.55. The van der Waals surface area contributed by atoms with Gasteiger partial charge in [-0.05, 0) is 52.4 Å². The topological polar surface area (TPSA) is 119 Å². The van der Waals surface area contributed by atoms with Crippen LogP contribution in [0.1, 0.15) is 58.3 Å². The number of likely N-dealkylation sites (tertiary alicyclic amines) is 1. The fourth-order valence-electron chi connectivity index (χ4n) is 6.88. The van der Waals surface area contributed by atoms with Gasteiger partial charge in [-0.1, -0.05) is 62.4 Å². The first-order chi connectivity index (χ1) is 20.2. The summed E-state index contributed by atoms with van der Waals surface area (Å²) >= 11 is 0. The van der Waals surface area contributed by atoms with E-state index in [1.54, 1.807) is 13.8 Å². The highest BCUT2D eigenvalue weighted by atomic mass is 16.5. The molecule has 1 saturated heterocycles. The fraction of sp³-hybridized carbons (Fsp3) is 0.303. The Morgan fingerprint density at radius 3 is 1.69 bits per heavy atom. The predicted molar refractivity (Wildman–Crippen MR) is 151 cm³/mol. The van der Waals surface area contributed by atoms with Crippen molar-refractivity contribution in [3.05, 3.63) is 101 Å². The van der Waals surface area contributed by atoms with Crippen molar-refractivity contribution in [2.75, 3.05) is 19.0 Å². The van der Waals surface area contributed by atoms with E-state index < -0.39 is 48.2 Å². The molecule has 1 fully saturated rings. The van der Waals surface area contributed by atoms with E-state index in [9.17, 15) is 24.0 Å². The largest absolute Gasteiger partial charge is 0.465 e. The van der Waals surface area contributed by atoms with E-state index in [-0.39, 0.29) is 23.7 Å². The number of hydrogen-bond donors (Lipinski definition) is 1. The minimum atomic E-state index is -1.17. The molecule has 0 unspecified atom stereocenters. The van der Waals surface area contributed by atoms with E-state index in [0.717, 1.165) is 27.2 Å². The van der Waals surface area contributed by atoms with Gasteiger partial charge in [-0.25, -0.2) is 9.59 Å². The maximum Gasteiger partial charge on any atom is 0.337 e. The van der Waals surface area contributed by atoms with Crippen LogP contribution in [0, 0.1) is 17.8 Å². The number of nitrogens with zero attached hydrogens (tertiary/aromatic N) is 1. The maximum atomic E-state index is 14.1. The van der Waals surface area contributed by atoms with Crippen molar-refractivity contribution in [1.82, 2.24) is 4.90 Å². The van der Waals surface area contributed by atoms with Crippen LogP contribution in [-0.4, -0.2) is 54.3 Å². The van der Waals surface area contributed by atoms with Gasteiger partial charge >= 0.3 is 11.9 Å². The molecule has 3 atom stereocenters. The number of carbonyl (C=O) groups is 5. The second kappa shape index (κ2) is 10.6. The lowest BCUT2D eigenvalue weighted by molar-refractivity contribution is -0.162. The first kappa shape index (κ1) is 27.4. The molecule has 3 aromatic carbocycles. The Morgan fingerprint density at radius 1 is 0.786 bits per heavy atom. The highest BCUT2D eigenvalue weighted by molar-refractivity contribution is 6.10. The van der Waals surface area contributed by atoms with Gasteiger partial charge in [-0.3, -0.25) is 19.3 Å². The molecule has 0 saturated carbocycles. The molecule has 9 nitrogen and oxygen atoms in total. The Morgan fingerprint density at radius 2 is 1.26 bits per heavy atom. The van der Waals surface area contributed by atoms with Gasteiger partial charge in [0.25, 0.3) is 5.91 Å². The summed E-state index contributed by atoms with van der Waals surface area (Å²) < 4.78 is 10.0. The number of anilines is 1. The number of imide groups is 1. The van der Waals surface area contributed by atoms with Crippen molar-refractivity contribution in [3.8, 4) is 0 Å². The molecule has 0 spiro atoms. The molecule has 0 aromatic heterocycles. The van der Waals surface area contributed by atoms with Gasteiger partial charge < -0.3 is 14.8 Å². The van der Waals surface area contributed by atoms with Crippen molar-refractivity contribution in [1.29, 1.82) is 0 Å². The van der Waals surface area contributed by atoms with Gasteiger partial charge in [-0.2, -0.15) is 0 Å². The summed E-state index contributed by atoms with van der Waals surface area (Å²) in [5.41, 5.74) is 4.90. The molecule has 214 valence electrons. The van der Waals surface area contributed by atoms with Crippen LogP contribution in [0.25, 0.3) is 0 Å². The normalized spacial score (nSPS) is 22.2. The number of methoxy groups -OCH3 is 1. The van der Waals surface area contributed by atoms with Crippen LogP contribution in [-0.2, 0) is 28.7 Å². The molecule has 3 aromatic rings. The summed E-state index contributed by atoms with van der Waals surface area (Å²) in [5, 5.41) is 2.60. The smallest absolute Gasteiger partial charge is 0.337 e. The minimum absolute atomic E-state index is 0.283. The number of hydrogen-bond acceptors (Lipinski definition) is 7. The number of amides is 3. The molecule has 42 heavy (non-hydrogen) atoms. The summed E-state index contributed by atoms with van der Waals surface area (Å²) in [4.78, 5) is 66.8. The zero-order chi connectivity index (χ0) is 29.7. The molecular weight excluding hydrogens is 536 g/mol. The Balaban J connectivity index is 1.21. The summed E-state index contributed by atoms with van der Waals surface area (Å²) in [5.74, 6) is -4.92. The Labute approximate surface area is 242 Å². The second-order valence-electron chi connectivity index (χ2n) is 11.2. The molecule has 0 radical (unpaired) electrons. The second-order valence-corrected chi connectivity index (χ2v) is 11.2. The Kier molecular flexibility index (Phi) is 6.88. The van der Waals surface area contributed by atoms with Gasteiger partial charge in [0.15, 0.2) is 6.61 Å². The van der Waals surface area contributed by atoms with Crippen LogP contribution in [0.5, 0.6) is 0 Å². The minimum Gasteiger partial charge on any atom is -0.465 e. The summed E-state index contributed by atoms with van der Waals surface area (Å²) in [7, 11) is 1.27. The van der Waals surface area contributed by atoms with Crippen LogP contribution in [0.4, 0.5) is 5.69 Å². The maximum absolute atomic E-state index is 14.1. The quantitative estimate of drug-likeness (QED) is 0.341. The van der Waals surface area contributed by atoms with Crippen molar-refractivity contribution < 1.29 is 33.4 Å². The van der Waals surface area contributed by atoms with Gasteiger partial charge in [0, 0.05) is 17.5 Å². The fourth-order valence-corrected chi connectivity index (χ4v) is 6.88. The molecule has 9 heteroatoms. The Hall–Kier alpha value is -4.79. The molecule has 4 aliphatic rings. The molecule has 2 bridgehead atoms. The van der Waals surface area contributed by atoms with Gasteiger partial charge in [0.2, 0.25) is 11.8 Å². The number of ether oxygens (including phenoxy) is 2. The average Bonchev–Trinajstić information content (AvgIpc) is 3.26. The molecule has 1 N–H and O–H groups in total. The van der Waals surface area contributed by atoms with Gasteiger partial charge in [0.05, 0.1) is 24.5 Å². The molecule has 1 heterocycles. The molecule has 3 amide bonds. The van der Waals surface area contributed by atoms with Gasteiger partial charge in [-0.15, -0.1) is 0 Å². The summed E-state index contributed by atoms with van der Waals surface area (Å²) in [6.07, 6.45) is 0. The standard InChI is InChI=1S/C33H30N2O7/c1-17(2)29(33(40)42-16-24(36)34-19-14-12-18(13-15-19)32(39)41-3)35-30(37)27-25-20-8-4-5-9-21(20)26(28(27)31(35)38)23-11-7-6-10-22(23)25/h4-15,17,25-29H,16H2,1-3H3,(H,34,36)/t25?,26?,27-,28+,29-/m1/s1. The molecular formula is C33H30N2O7. The van der Waals surface area contributed by atoms with E-state index in [1.165, 1.54) is 31.4 Å². The molecule has 7 rings (SSSR count). The van der Waals surface area contributed by atoms with Crippen molar-refractivity contribution in [2.24, 2.45) is 17.8 Å². The van der Waals surface area contributed by atoms with Crippen LogP contribution >= 0.6 is 0 Å². The van der Waals surface area contributed by atoms with Crippen molar-refractivity contribution >= 4 is 35.3 Å². The third-order valence-corrected chi connectivity index (χ3v) is 8.57. The van der Waals surface area contributed by atoms with E-state index in [2.05, 4.69) is 10.1 Å². The van der Waals surface area contributed by atoms with Crippen LogP contribution in [0.15, 0.2) is 72.8 Å². The monoisotopic (exact) mass is 566 g/mol. The predicted octanol–water partition coefficient (Wildman–Crippen LogP) is 3.87. The first-order valence-corrected chi connectivity index (χ1v) is 13.9. The van der Waals surface area contributed by atoms with Gasteiger partial charge in [0.1, 0.15) is 6.04 Å². The number of benzene rings is 3. The van der Waals surface area contributed by atoms with Crippen LogP contribution in [0.3, 0.4) is 0 Å². The number of carbonyl (C=O) groups excluding carboxylic acids is 5. The lowest BCUT2D eigenvalue weighted by Gasteiger charge is -2.45. The Bertz CT molecular complexity index is 1500. The third-order valence-electron chi connectivity index (χ3n) is 8.57. The molecule has 1 aliphatic heterocycles. The summed E-state index contributed by atoms with van der Waals surface area (Å²) in [6.45, 7) is 2.89. The zero-order valence-electron chi connectivity index (χ0n) is 23.4. The van der Waals surface area contributed by atoms with E-state index in [1.807, 2.05) is 48.5 Å². The number of rotatable bonds is 7. The highest BCUT2D eigenvalue weighted by Crippen LogP contribution is 2.61. The third kappa shape index (κ3) is 4.27. The van der Waals surface area contributed by atoms with E-state index in [4.69, 9.17) is 4.74 Å². The zero-order valence-corrected chi connectivity index (χ0v) is 23.4. The van der Waals surface area contributed by atoms with Crippen LogP contribution < -0.4 is 5.32 Å². The number of esters is 2. The highest BCUT2D eigenvalue weighted by Gasteiger charge is 2.63. The molecule has 3 aliphatic carbocycles. The van der Waals surface area contributed by atoms with Crippen molar-refractivity contribution in [3.63, 3.8) is 0 Å². The number of nitrogens with one attached hydrogen (secondary N) is 1. The average molecular weight is 567 g/mol. The van der Waals surface area contributed by atoms with E-state index >= 15 is 0 Å². The summed E-state index contributed by atoms with van der Waals surface area (Å²) in [6, 6.07) is 20.8. The first-order valence-electron chi connectivity index (χ1n) is 13.9. The lowest BCUT2D eigenvalue weighted by Crippen LogP contribution is -2.49. The van der Waals surface area contributed by atoms with Crippen molar-refractivity contribution in [2.45, 2.75) is 31.7 Å². The van der Waals surface area contributed by atoms with E-state index in [0.29, 0.717) is 11.3 Å². The SMILES string of the molecule is COC(=O)c1ccc(NC(=O)COC(=O)[C@@H](C(C)C)N2C(=O)[C@@H]3C4c5ccccc5C(c5ccccc54)[C@@H]3C2=O)cc1.